The number of nitro benzene ring substituents is 1. The van der Waals surface area contributed by atoms with E-state index < -0.39 is 4.92 Å². The minimum Gasteiger partial charge on any atom is -0.471 e. The van der Waals surface area contributed by atoms with Gasteiger partial charge in [-0.05, 0) is 48.9 Å². The molecule has 29 heavy (non-hydrogen) atoms. The van der Waals surface area contributed by atoms with Crippen LogP contribution in [0.1, 0.15) is 5.56 Å². The zero-order chi connectivity index (χ0) is 20.4. The maximum atomic E-state index is 10.7. The maximum absolute atomic E-state index is 10.7. The van der Waals surface area contributed by atoms with Crippen molar-refractivity contribution >= 4 is 17.3 Å². The van der Waals surface area contributed by atoms with E-state index in [4.69, 9.17) is 20.9 Å². The smallest absolute Gasteiger partial charge is 0.278 e. The molecule has 0 atom stereocenters. The fraction of sp³-hybridized carbons (Fsp3) is 0.105. The quantitative estimate of drug-likeness (QED) is 0.339. The minimum atomic E-state index is -0.467. The van der Waals surface area contributed by atoms with Crippen LogP contribution in [0, 0.1) is 17.0 Å². The molecule has 9 nitrogen and oxygen atoms in total. The molecule has 4 rings (SSSR count). The predicted molar refractivity (Wildman–Crippen MR) is 104 cm³/mol. The monoisotopic (exact) mass is 411 g/mol. The Morgan fingerprint density at radius 2 is 2.00 bits per heavy atom. The SMILES string of the molecule is Cc1cc(OCn2ccc(-c3nc(-c4ccc([N+](=O)[O-])cc4)no3)n2)ccc1Cl. The van der Waals surface area contributed by atoms with Gasteiger partial charge in [-0.25, -0.2) is 4.68 Å². The number of ether oxygens (including phenoxy) is 1. The predicted octanol–water partition coefficient (Wildman–Crippen LogP) is 4.51. The van der Waals surface area contributed by atoms with Crippen molar-refractivity contribution in [1.82, 2.24) is 19.9 Å². The van der Waals surface area contributed by atoms with Crippen molar-refractivity contribution in [3.05, 3.63) is 75.4 Å². The lowest BCUT2D eigenvalue weighted by Gasteiger charge is -2.07. The van der Waals surface area contributed by atoms with Crippen molar-refractivity contribution in [2.24, 2.45) is 0 Å². The van der Waals surface area contributed by atoms with Crippen molar-refractivity contribution in [2.45, 2.75) is 13.7 Å². The summed E-state index contributed by atoms with van der Waals surface area (Å²) >= 11 is 6.01. The number of benzene rings is 2. The van der Waals surface area contributed by atoms with Crippen LogP contribution in [0.15, 0.2) is 59.3 Å². The third kappa shape index (κ3) is 4.09. The Morgan fingerprint density at radius 3 is 2.72 bits per heavy atom. The zero-order valence-corrected chi connectivity index (χ0v) is 15.9. The molecule has 0 saturated heterocycles. The van der Waals surface area contributed by atoms with Crippen molar-refractivity contribution in [3.8, 4) is 28.7 Å². The first-order valence-electron chi connectivity index (χ1n) is 8.51. The van der Waals surface area contributed by atoms with Crippen molar-refractivity contribution in [2.75, 3.05) is 0 Å². The summed E-state index contributed by atoms with van der Waals surface area (Å²) < 4.78 is 12.6. The van der Waals surface area contributed by atoms with Crippen LogP contribution in [-0.2, 0) is 6.73 Å². The van der Waals surface area contributed by atoms with Gasteiger partial charge in [0.05, 0.1) is 4.92 Å². The summed E-state index contributed by atoms with van der Waals surface area (Å²) in [4.78, 5) is 14.6. The summed E-state index contributed by atoms with van der Waals surface area (Å²) in [6.45, 7) is 2.10. The first kappa shape index (κ1) is 18.6. The number of halogens is 1. The minimum absolute atomic E-state index is 0.00732. The third-order valence-electron chi connectivity index (χ3n) is 4.12. The van der Waals surface area contributed by atoms with Crippen LogP contribution in [-0.4, -0.2) is 24.8 Å². The highest BCUT2D eigenvalue weighted by atomic mass is 35.5. The van der Waals surface area contributed by atoms with Gasteiger partial charge in [0.15, 0.2) is 12.4 Å². The fourth-order valence-electron chi connectivity index (χ4n) is 2.57. The van der Waals surface area contributed by atoms with E-state index in [1.165, 1.54) is 12.1 Å². The van der Waals surface area contributed by atoms with Crippen LogP contribution < -0.4 is 4.74 Å². The molecule has 0 saturated carbocycles. The molecule has 10 heteroatoms. The summed E-state index contributed by atoms with van der Waals surface area (Å²) in [5.74, 6) is 1.24. The summed E-state index contributed by atoms with van der Waals surface area (Å²) in [5.41, 5.74) is 2.01. The van der Waals surface area contributed by atoms with Gasteiger partial charge in [0.2, 0.25) is 5.82 Å². The Hall–Kier alpha value is -3.72. The van der Waals surface area contributed by atoms with Gasteiger partial charge >= 0.3 is 0 Å². The van der Waals surface area contributed by atoms with Crippen molar-refractivity contribution in [3.63, 3.8) is 0 Å². The molecule has 0 unspecified atom stereocenters. The van der Waals surface area contributed by atoms with Gasteiger partial charge in [-0.1, -0.05) is 16.8 Å². The van der Waals surface area contributed by atoms with E-state index in [0.717, 1.165) is 5.56 Å². The Kier molecular flexibility index (Phi) is 4.96. The van der Waals surface area contributed by atoms with Gasteiger partial charge in [0, 0.05) is 28.9 Å². The number of hydrogen-bond donors (Lipinski definition) is 0. The number of hydrogen-bond acceptors (Lipinski definition) is 7. The summed E-state index contributed by atoms with van der Waals surface area (Å²) in [5, 5.41) is 19.7. The maximum Gasteiger partial charge on any atom is 0.278 e. The first-order chi connectivity index (χ1) is 14.0. The summed E-state index contributed by atoms with van der Waals surface area (Å²) in [6, 6.07) is 13.0. The highest BCUT2D eigenvalue weighted by molar-refractivity contribution is 6.31. The van der Waals surface area contributed by atoms with E-state index in [1.54, 1.807) is 41.2 Å². The molecule has 0 amide bonds. The van der Waals surface area contributed by atoms with E-state index in [-0.39, 0.29) is 18.3 Å². The van der Waals surface area contributed by atoms with E-state index in [9.17, 15) is 10.1 Å². The second kappa shape index (κ2) is 7.72. The van der Waals surface area contributed by atoms with Crippen LogP contribution in [0.2, 0.25) is 5.02 Å². The van der Waals surface area contributed by atoms with Crippen LogP contribution in [0.25, 0.3) is 23.0 Å². The molecule has 2 aromatic heterocycles. The van der Waals surface area contributed by atoms with Gasteiger partial charge in [0.25, 0.3) is 11.6 Å². The molecule has 0 aliphatic carbocycles. The first-order valence-corrected chi connectivity index (χ1v) is 8.89. The van der Waals surface area contributed by atoms with Crippen LogP contribution in [0.4, 0.5) is 5.69 Å². The Morgan fingerprint density at radius 1 is 1.21 bits per heavy atom. The van der Waals surface area contributed by atoms with Crippen LogP contribution >= 0.6 is 11.6 Å². The zero-order valence-electron chi connectivity index (χ0n) is 15.2. The molecule has 0 aliphatic heterocycles. The number of rotatable bonds is 6. The van der Waals surface area contributed by atoms with E-state index >= 15 is 0 Å². The van der Waals surface area contributed by atoms with Gasteiger partial charge in [-0.2, -0.15) is 10.1 Å². The molecule has 0 aliphatic rings. The molecule has 0 bridgehead atoms. The lowest BCUT2D eigenvalue weighted by Crippen LogP contribution is -2.05. The van der Waals surface area contributed by atoms with Crippen molar-refractivity contribution < 1.29 is 14.2 Å². The van der Waals surface area contributed by atoms with Crippen molar-refractivity contribution in [1.29, 1.82) is 0 Å². The standard InChI is InChI=1S/C19H14ClN5O4/c1-12-10-15(6-7-16(12)20)28-11-24-9-8-17(22-24)19-21-18(23-29-19)13-2-4-14(5-3-13)25(26)27/h2-10H,11H2,1H3. The number of aryl methyl sites for hydroxylation is 1. The molecule has 0 N–H and O–H groups in total. The van der Waals surface area contributed by atoms with Gasteiger partial charge in [-0.15, -0.1) is 0 Å². The highest BCUT2D eigenvalue weighted by Gasteiger charge is 2.14. The molecule has 146 valence electrons. The summed E-state index contributed by atoms with van der Waals surface area (Å²) in [6.07, 6.45) is 1.73. The fourth-order valence-corrected chi connectivity index (χ4v) is 2.69. The number of aromatic nitrogens is 4. The van der Waals surface area contributed by atoms with E-state index in [1.807, 2.05) is 13.0 Å². The van der Waals surface area contributed by atoms with E-state index in [0.29, 0.717) is 27.9 Å². The molecule has 2 heterocycles. The second-order valence-electron chi connectivity index (χ2n) is 6.15. The highest BCUT2D eigenvalue weighted by Crippen LogP contribution is 2.24. The number of nitro groups is 1. The third-order valence-corrected chi connectivity index (χ3v) is 4.54. The normalized spacial score (nSPS) is 10.8. The van der Waals surface area contributed by atoms with Gasteiger partial charge < -0.3 is 9.26 Å². The molecular weight excluding hydrogens is 398 g/mol. The molecule has 4 aromatic rings. The average molecular weight is 412 g/mol. The topological polar surface area (TPSA) is 109 Å². The average Bonchev–Trinajstić information content (AvgIpc) is 3.38. The van der Waals surface area contributed by atoms with E-state index in [2.05, 4.69) is 15.2 Å². The van der Waals surface area contributed by atoms with Gasteiger partial charge in [-0.3, -0.25) is 10.1 Å². The number of non-ortho nitro benzene ring substituents is 1. The lowest BCUT2D eigenvalue weighted by molar-refractivity contribution is -0.384. The molecular formula is C19H14ClN5O4. The molecule has 0 spiro atoms. The molecule has 0 radical (unpaired) electrons. The second-order valence-corrected chi connectivity index (χ2v) is 6.56. The van der Waals surface area contributed by atoms with Gasteiger partial charge in [0.1, 0.15) is 5.75 Å². The van der Waals surface area contributed by atoms with Crippen LogP contribution in [0.5, 0.6) is 5.75 Å². The lowest BCUT2D eigenvalue weighted by atomic mass is 10.2. The Balaban J connectivity index is 1.45. The summed E-state index contributed by atoms with van der Waals surface area (Å²) in [7, 11) is 0. The largest absolute Gasteiger partial charge is 0.471 e. The molecule has 2 aromatic carbocycles. The molecule has 0 fully saturated rings. The Bertz CT molecular complexity index is 1170. The number of nitrogens with zero attached hydrogens (tertiary/aromatic N) is 5. The van der Waals surface area contributed by atoms with Crippen LogP contribution in [0.3, 0.4) is 0 Å². The Labute approximate surface area is 169 Å².